The molecule has 0 saturated heterocycles. The van der Waals surface area contributed by atoms with E-state index in [0.29, 0.717) is 17.2 Å². The lowest BCUT2D eigenvalue weighted by molar-refractivity contribution is -0.384. The minimum atomic E-state index is -0.660. The first kappa shape index (κ1) is 14.2. The predicted octanol–water partition coefficient (Wildman–Crippen LogP) is 3.49. The Kier molecular flexibility index (Phi) is 4.16. The second-order valence-corrected chi connectivity index (χ2v) is 4.48. The Morgan fingerprint density at radius 2 is 2.15 bits per heavy atom. The summed E-state index contributed by atoms with van der Waals surface area (Å²) in [5.41, 5.74) is 0.414. The molecule has 0 radical (unpaired) electrons. The summed E-state index contributed by atoms with van der Waals surface area (Å²) in [4.78, 5) is 14.1. The molecule has 104 valence electrons. The fourth-order valence-corrected chi connectivity index (χ4v) is 1.73. The van der Waals surface area contributed by atoms with Crippen LogP contribution in [0.1, 0.15) is 18.7 Å². The van der Waals surface area contributed by atoms with Crippen molar-refractivity contribution in [3.8, 4) is 11.5 Å². The molecule has 20 heavy (non-hydrogen) atoms. The highest BCUT2D eigenvalue weighted by Crippen LogP contribution is 2.32. The van der Waals surface area contributed by atoms with Gasteiger partial charge in [0.05, 0.1) is 27.9 Å². The summed E-state index contributed by atoms with van der Waals surface area (Å²) in [7, 11) is 0. The number of hydrogen-bond donors (Lipinski definition) is 1. The molecule has 0 fully saturated rings. The zero-order valence-corrected chi connectivity index (χ0v) is 11.2. The molecule has 1 aromatic carbocycles. The molecule has 0 aliphatic heterocycles. The molecule has 0 saturated carbocycles. The maximum Gasteiger partial charge on any atom is 0.271 e. The SMILES string of the molecule is C[C@H](O)c1ccc(Oc2ccc([N+](=O)[O-])cc2Cl)cn1. The number of aliphatic hydroxyl groups excluding tert-OH is 1. The van der Waals surface area contributed by atoms with Gasteiger partial charge in [-0.3, -0.25) is 15.1 Å². The maximum absolute atomic E-state index is 10.6. The first-order valence-electron chi connectivity index (χ1n) is 5.73. The van der Waals surface area contributed by atoms with E-state index in [9.17, 15) is 15.2 Å². The van der Waals surface area contributed by atoms with E-state index in [-0.39, 0.29) is 10.7 Å². The van der Waals surface area contributed by atoms with Crippen LogP contribution in [0.2, 0.25) is 5.02 Å². The number of pyridine rings is 1. The summed E-state index contributed by atoms with van der Waals surface area (Å²) in [6, 6.07) is 7.20. The Labute approximate surface area is 119 Å². The quantitative estimate of drug-likeness (QED) is 0.689. The van der Waals surface area contributed by atoms with Crippen LogP contribution in [0.15, 0.2) is 36.5 Å². The molecule has 1 heterocycles. The summed E-state index contributed by atoms with van der Waals surface area (Å²) in [6.07, 6.45) is 0.784. The molecular weight excluding hydrogens is 284 g/mol. The predicted molar refractivity (Wildman–Crippen MR) is 73.1 cm³/mol. The minimum absolute atomic E-state index is 0.107. The van der Waals surface area contributed by atoms with E-state index < -0.39 is 11.0 Å². The van der Waals surface area contributed by atoms with Crippen LogP contribution >= 0.6 is 11.6 Å². The summed E-state index contributed by atoms with van der Waals surface area (Å²) in [5, 5.41) is 20.1. The third kappa shape index (κ3) is 3.23. The first-order valence-corrected chi connectivity index (χ1v) is 6.11. The highest BCUT2D eigenvalue weighted by molar-refractivity contribution is 6.32. The molecule has 2 aromatic rings. The van der Waals surface area contributed by atoms with Crippen LogP contribution < -0.4 is 4.74 Å². The number of hydrogen-bond acceptors (Lipinski definition) is 5. The molecule has 0 bridgehead atoms. The minimum Gasteiger partial charge on any atom is -0.454 e. The van der Waals surface area contributed by atoms with Crippen LogP contribution in [0.25, 0.3) is 0 Å². The standard InChI is InChI=1S/C13H11ClN2O4/c1-8(17)12-4-3-10(7-15-12)20-13-5-2-9(16(18)19)6-11(13)14/h2-8,17H,1H3/t8-/m0/s1. The molecule has 1 atom stereocenters. The van der Waals surface area contributed by atoms with Gasteiger partial charge in [0.1, 0.15) is 11.5 Å². The Hall–Kier alpha value is -2.18. The van der Waals surface area contributed by atoms with Crippen molar-refractivity contribution in [2.45, 2.75) is 13.0 Å². The molecule has 0 aliphatic rings. The van der Waals surface area contributed by atoms with Crippen molar-refractivity contribution in [1.29, 1.82) is 0 Å². The van der Waals surface area contributed by atoms with Crippen LogP contribution in [0.4, 0.5) is 5.69 Å². The summed E-state index contributed by atoms with van der Waals surface area (Å²) >= 11 is 5.92. The van der Waals surface area contributed by atoms with E-state index in [0.717, 1.165) is 0 Å². The zero-order valence-electron chi connectivity index (χ0n) is 10.5. The van der Waals surface area contributed by atoms with Gasteiger partial charge in [-0.2, -0.15) is 0 Å². The van der Waals surface area contributed by atoms with Crippen molar-refractivity contribution in [2.75, 3.05) is 0 Å². The van der Waals surface area contributed by atoms with Gasteiger partial charge in [-0.05, 0) is 25.1 Å². The lowest BCUT2D eigenvalue weighted by Gasteiger charge is -2.08. The fraction of sp³-hybridized carbons (Fsp3) is 0.154. The number of aromatic nitrogens is 1. The largest absolute Gasteiger partial charge is 0.454 e. The van der Waals surface area contributed by atoms with E-state index in [1.807, 2.05) is 0 Å². The fourth-order valence-electron chi connectivity index (χ4n) is 1.51. The normalized spacial score (nSPS) is 11.9. The molecule has 0 spiro atoms. The Balaban J connectivity index is 2.19. The molecule has 6 nitrogen and oxygen atoms in total. The monoisotopic (exact) mass is 294 g/mol. The van der Waals surface area contributed by atoms with Crippen molar-refractivity contribution >= 4 is 17.3 Å². The molecule has 1 aromatic heterocycles. The lowest BCUT2D eigenvalue weighted by atomic mass is 10.2. The third-order valence-electron chi connectivity index (χ3n) is 2.54. The summed E-state index contributed by atoms with van der Waals surface area (Å²) in [5.74, 6) is 0.717. The van der Waals surface area contributed by atoms with Gasteiger partial charge < -0.3 is 9.84 Å². The van der Waals surface area contributed by atoms with Gasteiger partial charge in [-0.25, -0.2) is 0 Å². The van der Waals surface area contributed by atoms with Gasteiger partial charge in [0, 0.05) is 12.1 Å². The van der Waals surface area contributed by atoms with Crippen molar-refractivity contribution in [3.05, 3.63) is 57.4 Å². The summed E-state index contributed by atoms with van der Waals surface area (Å²) < 4.78 is 5.48. The number of nitro benzene ring substituents is 1. The Morgan fingerprint density at radius 3 is 2.65 bits per heavy atom. The van der Waals surface area contributed by atoms with Crippen LogP contribution in [-0.2, 0) is 0 Å². The van der Waals surface area contributed by atoms with Gasteiger partial charge in [0.15, 0.2) is 0 Å². The van der Waals surface area contributed by atoms with Crippen LogP contribution in [0.3, 0.4) is 0 Å². The highest BCUT2D eigenvalue weighted by Gasteiger charge is 2.11. The molecule has 7 heteroatoms. The van der Waals surface area contributed by atoms with E-state index in [1.54, 1.807) is 19.1 Å². The van der Waals surface area contributed by atoms with Crippen molar-refractivity contribution in [3.63, 3.8) is 0 Å². The number of halogens is 1. The van der Waals surface area contributed by atoms with Crippen molar-refractivity contribution < 1.29 is 14.8 Å². The third-order valence-corrected chi connectivity index (χ3v) is 2.84. The maximum atomic E-state index is 10.6. The van der Waals surface area contributed by atoms with Gasteiger partial charge in [-0.1, -0.05) is 11.6 Å². The number of non-ortho nitro benzene ring substituents is 1. The molecule has 0 unspecified atom stereocenters. The van der Waals surface area contributed by atoms with Gasteiger partial charge >= 0.3 is 0 Å². The molecular formula is C13H11ClN2O4. The van der Waals surface area contributed by atoms with Crippen LogP contribution in [0, 0.1) is 10.1 Å². The van der Waals surface area contributed by atoms with Crippen LogP contribution in [-0.4, -0.2) is 15.0 Å². The highest BCUT2D eigenvalue weighted by atomic mass is 35.5. The number of rotatable bonds is 4. The van der Waals surface area contributed by atoms with E-state index in [1.165, 1.54) is 24.4 Å². The first-order chi connectivity index (χ1) is 9.47. The second kappa shape index (κ2) is 5.85. The van der Waals surface area contributed by atoms with E-state index >= 15 is 0 Å². The molecule has 0 aliphatic carbocycles. The lowest BCUT2D eigenvalue weighted by Crippen LogP contribution is -1.95. The second-order valence-electron chi connectivity index (χ2n) is 4.07. The van der Waals surface area contributed by atoms with Gasteiger partial charge in [0.25, 0.3) is 5.69 Å². The van der Waals surface area contributed by atoms with Gasteiger partial charge in [-0.15, -0.1) is 0 Å². The smallest absolute Gasteiger partial charge is 0.271 e. The number of nitro groups is 1. The van der Waals surface area contributed by atoms with Crippen molar-refractivity contribution in [2.24, 2.45) is 0 Å². The average molecular weight is 295 g/mol. The average Bonchev–Trinajstić information content (AvgIpc) is 2.41. The van der Waals surface area contributed by atoms with Crippen LogP contribution in [0.5, 0.6) is 11.5 Å². The topological polar surface area (TPSA) is 85.5 Å². The number of benzene rings is 1. The number of ether oxygens (including phenoxy) is 1. The van der Waals surface area contributed by atoms with E-state index in [4.69, 9.17) is 16.3 Å². The van der Waals surface area contributed by atoms with Crippen molar-refractivity contribution in [1.82, 2.24) is 4.98 Å². The Morgan fingerprint density at radius 1 is 1.40 bits per heavy atom. The number of nitrogens with zero attached hydrogens (tertiary/aromatic N) is 2. The summed E-state index contributed by atoms with van der Waals surface area (Å²) in [6.45, 7) is 1.61. The number of aliphatic hydroxyl groups is 1. The molecule has 0 amide bonds. The Bertz CT molecular complexity index is 629. The zero-order chi connectivity index (χ0) is 14.7. The van der Waals surface area contributed by atoms with E-state index in [2.05, 4.69) is 4.98 Å². The molecule has 2 rings (SSSR count). The van der Waals surface area contributed by atoms with Gasteiger partial charge in [0.2, 0.25) is 0 Å². The molecule has 1 N–H and O–H groups in total.